The molecule has 19 heavy (non-hydrogen) atoms. The van der Waals surface area contributed by atoms with Crippen LogP contribution in [0.3, 0.4) is 0 Å². The molecule has 0 aromatic heterocycles. The molecule has 1 amide bonds. The van der Waals surface area contributed by atoms with Crippen molar-refractivity contribution in [2.24, 2.45) is 0 Å². The molecule has 0 bridgehead atoms. The molecule has 1 saturated heterocycles. The van der Waals surface area contributed by atoms with Gasteiger partial charge in [-0.3, -0.25) is 9.59 Å². The van der Waals surface area contributed by atoms with Gasteiger partial charge in [-0.15, -0.1) is 0 Å². The average molecular weight is 286 g/mol. The number of Topliss-reactive ketones (excluding diaryl/α,β-unsaturated/α-hetero) is 1. The number of likely N-dealkylation sites (tertiary alicyclic amines) is 1. The molecule has 1 fully saturated rings. The van der Waals surface area contributed by atoms with Crippen LogP contribution in [0.5, 0.6) is 5.75 Å². The number of carbonyl (C=O) groups excluding carboxylic acids is 2. The lowest BCUT2D eigenvalue weighted by atomic mass is 10.1. The standard InChI is InChI=1S/C13H13ClFNO3/c14-9-1-2-12(11(15)7-9)19-8-13(18)16-5-3-10(17)4-6-16/h1-2,7H,3-6,8H2. The zero-order chi connectivity index (χ0) is 13.8. The molecule has 0 N–H and O–H groups in total. The highest BCUT2D eigenvalue weighted by Gasteiger charge is 2.21. The van der Waals surface area contributed by atoms with E-state index in [2.05, 4.69) is 0 Å². The lowest BCUT2D eigenvalue weighted by Gasteiger charge is -2.25. The molecule has 0 atom stereocenters. The molecule has 102 valence electrons. The van der Waals surface area contributed by atoms with Crippen molar-refractivity contribution in [2.45, 2.75) is 12.8 Å². The van der Waals surface area contributed by atoms with Crippen molar-refractivity contribution in [1.82, 2.24) is 4.90 Å². The Balaban J connectivity index is 1.88. The Kier molecular flexibility index (Phi) is 4.37. The van der Waals surface area contributed by atoms with Crippen LogP contribution in [0, 0.1) is 5.82 Å². The lowest BCUT2D eigenvalue weighted by molar-refractivity contribution is -0.136. The van der Waals surface area contributed by atoms with Crippen LogP contribution in [0.4, 0.5) is 4.39 Å². The quantitative estimate of drug-likeness (QED) is 0.854. The van der Waals surface area contributed by atoms with Crippen molar-refractivity contribution >= 4 is 23.3 Å². The molecule has 0 unspecified atom stereocenters. The number of halogens is 2. The number of ether oxygens (including phenoxy) is 1. The van der Waals surface area contributed by atoms with E-state index in [1.165, 1.54) is 12.1 Å². The number of piperidine rings is 1. The summed E-state index contributed by atoms with van der Waals surface area (Å²) in [6.45, 7) is 0.570. The number of hydrogen-bond donors (Lipinski definition) is 0. The Labute approximate surface area is 115 Å². The molecule has 0 spiro atoms. The maximum absolute atomic E-state index is 13.4. The zero-order valence-electron chi connectivity index (χ0n) is 10.2. The van der Waals surface area contributed by atoms with Gasteiger partial charge in [-0.25, -0.2) is 4.39 Å². The molecule has 4 nitrogen and oxygen atoms in total. The summed E-state index contributed by atoms with van der Waals surface area (Å²) in [6.07, 6.45) is 0.752. The van der Waals surface area contributed by atoms with E-state index in [9.17, 15) is 14.0 Å². The number of carbonyl (C=O) groups is 2. The van der Waals surface area contributed by atoms with Gasteiger partial charge in [-0.1, -0.05) is 11.6 Å². The van der Waals surface area contributed by atoms with E-state index < -0.39 is 5.82 Å². The maximum Gasteiger partial charge on any atom is 0.260 e. The van der Waals surface area contributed by atoms with Gasteiger partial charge in [0.15, 0.2) is 18.2 Å². The largest absolute Gasteiger partial charge is 0.481 e. The molecule has 0 aliphatic carbocycles. The smallest absolute Gasteiger partial charge is 0.260 e. The fourth-order valence-corrected chi connectivity index (χ4v) is 1.99. The van der Waals surface area contributed by atoms with Crippen molar-refractivity contribution in [3.8, 4) is 5.75 Å². The molecule has 0 saturated carbocycles. The summed E-state index contributed by atoms with van der Waals surface area (Å²) >= 11 is 5.61. The van der Waals surface area contributed by atoms with Crippen LogP contribution in [0.2, 0.25) is 5.02 Å². The number of nitrogens with zero attached hydrogens (tertiary/aromatic N) is 1. The first-order valence-corrected chi connectivity index (χ1v) is 6.31. The summed E-state index contributed by atoms with van der Waals surface area (Å²) in [5.74, 6) is -0.699. The van der Waals surface area contributed by atoms with Gasteiger partial charge < -0.3 is 9.64 Å². The van der Waals surface area contributed by atoms with Gasteiger partial charge in [-0.05, 0) is 18.2 Å². The predicted octanol–water partition coefficient (Wildman–Crippen LogP) is 2.05. The highest BCUT2D eigenvalue weighted by molar-refractivity contribution is 6.30. The van der Waals surface area contributed by atoms with Crippen LogP contribution in [0.25, 0.3) is 0 Å². The third-order valence-corrected chi connectivity index (χ3v) is 3.15. The van der Waals surface area contributed by atoms with Crippen molar-refractivity contribution in [3.63, 3.8) is 0 Å². The second-order valence-electron chi connectivity index (χ2n) is 4.28. The third kappa shape index (κ3) is 3.67. The van der Waals surface area contributed by atoms with Crippen molar-refractivity contribution in [2.75, 3.05) is 19.7 Å². The Morgan fingerprint density at radius 1 is 1.37 bits per heavy atom. The normalized spacial score (nSPS) is 15.5. The fourth-order valence-electron chi connectivity index (χ4n) is 1.83. The van der Waals surface area contributed by atoms with Crippen LogP contribution in [0.1, 0.15) is 12.8 Å². The molecule has 1 aromatic carbocycles. The van der Waals surface area contributed by atoms with Crippen LogP contribution in [0.15, 0.2) is 18.2 Å². The third-order valence-electron chi connectivity index (χ3n) is 2.92. The Morgan fingerprint density at radius 2 is 2.05 bits per heavy atom. The first-order valence-electron chi connectivity index (χ1n) is 5.93. The highest BCUT2D eigenvalue weighted by atomic mass is 35.5. The van der Waals surface area contributed by atoms with Crippen LogP contribution < -0.4 is 4.74 Å². The van der Waals surface area contributed by atoms with E-state index in [1.54, 1.807) is 4.90 Å². The maximum atomic E-state index is 13.4. The van der Waals surface area contributed by atoms with Gasteiger partial charge in [0.25, 0.3) is 5.91 Å². The van der Waals surface area contributed by atoms with Crippen molar-refractivity contribution < 1.29 is 18.7 Å². The number of ketones is 1. The summed E-state index contributed by atoms with van der Waals surface area (Å²) in [5.41, 5.74) is 0. The minimum absolute atomic E-state index is 0.00849. The molecule has 2 rings (SSSR count). The van der Waals surface area contributed by atoms with Gasteiger partial charge in [0, 0.05) is 31.0 Å². The van der Waals surface area contributed by atoms with Gasteiger partial charge in [-0.2, -0.15) is 0 Å². The number of rotatable bonds is 3. The molecule has 6 heteroatoms. The first-order chi connectivity index (χ1) is 9.06. The first kappa shape index (κ1) is 13.8. The van der Waals surface area contributed by atoms with E-state index in [1.807, 2.05) is 0 Å². The molecule has 1 aliphatic heterocycles. The highest BCUT2D eigenvalue weighted by Crippen LogP contribution is 2.21. The summed E-state index contributed by atoms with van der Waals surface area (Å²) in [6, 6.07) is 4.00. The topological polar surface area (TPSA) is 46.6 Å². The number of benzene rings is 1. The van der Waals surface area contributed by atoms with E-state index >= 15 is 0 Å². The molecule has 0 radical (unpaired) electrons. The summed E-state index contributed by atoms with van der Waals surface area (Å²) in [7, 11) is 0. The zero-order valence-corrected chi connectivity index (χ0v) is 11.0. The molecular formula is C13H13ClFNO3. The van der Waals surface area contributed by atoms with E-state index in [4.69, 9.17) is 16.3 Å². The van der Waals surface area contributed by atoms with Gasteiger partial charge in [0.1, 0.15) is 5.78 Å². The summed E-state index contributed by atoms with van der Waals surface area (Å²) < 4.78 is 18.5. The second-order valence-corrected chi connectivity index (χ2v) is 4.72. The Hall–Kier alpha value is -1.62. The Bertz CT molecular complexity index is 497. The van der Waals surface area contributed by atoms with Gasteiger partial charge in [0.2, 0.25) is 0 Å². The average Bonchev–Trinajstić information content (AvgIpc) is 2.38. The predicted molar refractivity (Wildman–Crippen MR) is 67.7 cm³/mol. The molecular weight excluding hydrogens is 273 g/mol. The Morgan fingerprint density at radius 3 is 2.68 bits per heavy atom. The van der Waals surface area contributed by atoms with Gasteiger partial charge >= 0.3 is 0 Å². The van der Waals surface area contributed by atoms with Crippen molar-refractivity contribution in [3.05, 3.63) is 29.0 Å². The fraction of sp³-hybridized carbons (Fsp3) is 0.385. The van der Waals surface area contributed by atoms with Crippen LogP contribution in [-0.4, -0.2) is 36.3 Å². The summed E-state index contributed by atoms with van der Waals surface area (Å²) in [4.78, 5) is 24.4. The monoisotopic (exact) mass is 285 g/mol. The SMILES string of the molecule is O=C1CCN(C(=O)COc2ccc(Cl)cc2F)CC1. The lowest BCUT2D eigenvalue weighted by Crippen LogP contribution is -2.41. The molecule has 1 aliphatic rings. The number of amides is 1. The second kappa shape index (κ2) is 6.02. The van der Waals surface area contributed by atoms with E-state index in [0.717, 1.165) is 6.07 Å². The minimum Gasteiger partial charge on any atom is -0.481 e. The van der Waals surface area contributed by atoms with Gasteiger partial charge in [0.05, 0.1) is 0 Å². The molecule has 1 heterocycles. The molecule has 1 aromatic rings. The minimum atomic E-state index is -0.603. The van der Waals surface area contributed by atoms with Crippen molar-refractivity contribution in [1.29, 1.82) is 0 Å². The van der Waals surface area contributed by atoms with E-state index in [0.29, 0.717) is 25.9 Å². The summed E-state index contributed by atoms with van der Waals surface area (Å²) in [5, 5.41) is 0.269. The van der Waals surface area contributed by atoms with Crippen LogP contribution >= 0.6 is 11.6 Å². The van der Waals surface area contributed by atoms with E-state index in [-0.39, 0.29) is 29.1 Å². The van der Waals surface area contributed by atoms with Crippen LogP contribution in [-0.2, 0) is 9.59 Å². The number of hydrogen-bond acceptors (Lipinski definition) is 3.